The van der Waals surface area contributed by atoms with E-state index < -0.39 is 12.6 Å². The van der Waals surface area contributed by atoms with Crippen LogP contribution in [-0.2, 0) is 11.3 Å². The Bertz CT molecular complexity index is 987. The smallest absolute Gasteiger partial charge is 0.342 e. The molecule has 0 atom stereocenters. The summed E-state index contributed by atoms with van der Waals surface area (Å²) in [6.45, 7) is -0.100. The second kappa shape index (κ2) is 9.40. The van der Waals surface area contributed by atoms with Gasteiger partial charge in [0.2, 0.25) is 0 Å². The van der Waals surface area contributed by atoms with Crippen LogP contribution in [0.25, 0.3) is 0 Å². The van der Waals surface area contributed by atoms with Gasteiger partial charge in [-0.05, 0) is 35.9 Å². The monoisotopic (exact) mass is 414 g/mol. The highest BCUT2D eigenvalue weighted by molar-refractivity contribution is 6.42. The molecule has 28 heavy (non-hydrogen) atoms. The molecule has 0 radical (unpaired) electrons. The molecule has 3 aromatic carbocycles. The van der Waals surface area contributed by atoms with Crippen molar-refractivity contribution in [2.75, 3.05) is 6.61 Å². The lowest BCUT2D eigenvalue weighted by Crippen LogP contribution is -2.15. The molecule has 0 bridgehead atoms. The van der Waals surface area contributed by atoms with Gasteiger partial charge in [-0.2, -0.15) is 0 Å². The van der Waals surface area contributed by atoms with Crippen LogP contribution in [0.15, 0.2) is 72.8 Å². The number of para-hydroxylation sites is 1. The van der Waals surface area contributed by atoms with Crippen molar-refractivity contribution in [1.29, 1.82) is 0 Å². The number of halogens is 2. The van der Waals surface area contributed by atoms with Crippen molar-refractivity contribution in [3.8, 4) is 5.75 Å². The number of ether oxygens (including phenoxy) is 2. The van der Waals surface area contributed by atoms with Gasteiger partial charge in [0, 0.05) is 5.56 Å². The standard InChI is InChI=1S/C22H16Cl2O4/c23-18-11-10-16(12-19(18)24)20(25)14-28-22(26)17-8-4-5-9-21(17)27-13-15-6-2-1-3-7-15/h1-12H,13-14H2. The molecule has 0 saturated heterocycles. The van der Waals surface area contributed by atoms with Crippen LogP contribution in [0.1, 0.15) is 26.3 Å². The highest BCUT2D eigenvalue weighted by atomic mass is 35.5. The van der Waals surface area contributed by atoms with Crippen LogP contribution in [0.4, 0.5) is 0 Å². The molecule has 6 heteroatoms. The van der Waals surface area contributed by atoms with Crippen molar-refractivity contribution < 1.29 is 19.1 Å². The third-order valence-corrected chi connectivity index (χ3v) is 4.66. The largest absolute Gasteiger partial charge is 0.488 e. The second-order valence-corrected chi connectivity index (χ2v) is 6.71. The third kappa shape index (κ3) is 5.12. The first-order valence-corrected chi connectivity index (χ1v) is 9.21. The fourth-order valence-electron chi connectivity index (χ4n) is 2.46. The molecule has 0 unspecified atom stereocenters. The first kappa shape index (κ1) is 19.9. The fraction of sp³-hybridized carbons (Fsp3) is 0.0909. The summed E-state index contributed by atoms with van der Waals surface area (Å²) < 4.78 is 10.9. The molecule has 0 aliphatic carbocycles. The van der Waals surface area contributed by atoms with Crippen molar-refractivity contribution in [2.24, 2.45) is 0 Å². The quantitative estimate of drug-likeness (QED) is 0.372. The molecular weight excluding hydrogens is 399 g/mol. The van der Waals surface area contributed by atoms with E-state index in [2.05, 4.69) is 0 Å². The average molecular weight is 415 g/mol. The number of esters is 1. The van der Waals surface area contributed by atoms with E-state index >= 15 is 0 Å². The predicted octanol–water partition coefficient (Wildman–Crippen LogP) is 5.61. The number of Topliss-reactive ketones (excluding diaryl/α,β-unsaturated/α-hetero) is 1. The number of hydrogen-bond donors (Lipinski definition) is 0. The van der Waals surface area contributed by atoms with Crippen LogP contribution in [0.3, 0.4) is 0 Å². The minimum Gasteiger partial charge on any atom is -0.488 e. The molecule has 142 valence electrons. The molecule has 0 saturated carbocycles. The molecule has 0 heterocycles. The normalized spacial score (nSPS) is 10.4. The Hall–Kier alpha value is -2.82. The molecule has 0 aromatic heterocycles. The summed E-state index contributed by atoms with van der Waals surface area (Å²) in [5, 5.41) is 0.609. The fourth-order valence-corrected chi connectivity index (χ4v) is 2.76. The molecule has 0 spiro atoms. The lowest BCUT2D eigenvalue weighted by atomic mass is 10.1. The minimum atomic E-state index is -0.642. The number of rotatable bonds is 7. The molecule has 0 aliphatic heterocycles. The van der Waals surface area contributed by atoms with E-state index in [9.17, 15) is 9.59 Å². The number of ketones is 1. The molecule has 0 aliphatic rings. The summed E-state index contributed by atoms with van der Waals surface area (Å²) in [6, 6.07) is 20.8. The van der Waals surface area contributed by atoms with Crippen LogP contribution in [0.2, 0.25) is 10.0 Å². The van der Waals surface area contributed by atoms with Crippen molar-refractivity contribution in [3.63, 3.8) is 0 Å². The van der Waals surface area contributed by atoms with E-state index in [1.165, 1.54) is 18.2 Å². The van der Waals surface area contributed by atoms with Crippen LogP contribution in [0, 0.1) is 0 Å². The molecule has 0 amide bonds. The van der Waals surface area contributed by atoms with E-state index in [-0.39, 0.29) is 16.4 Å². The van der Waals surface area contributed by atoms with Crippen molar-refractivity contribution in [1.82, 2.24) is 0 Å². The zero-order chi connectivity index (χ0) is 19.9. The Morgan fingerprint density at radius 3 is 2.29 bits per heavy atom. The van der Waals surface area contributed by atoms with Crippen LogP contribution in [-0.4, -0.2) is 18.4 Å². The summed E-state index contributed by atoms with van der Waals surface area (Å²) in [4.78, 5) is 24.7. The second-order valence-electron chi connectivity index (χ2n) is 5.90. The van der Waals surface area contributed by atoms with Crippen LogP contribution >= 0.6 is 23.2 Å². The van der Waals surface area contributed by atoms with Gasteiger partial charge in [0.05, 0.1) is 10.0 Å². The van der Waals surface area contributed by atoms with Crippen molar-refractivity contribution >= 4 is 35.0 Å². The molecule has 3 aromatic rings. The summed E-state index contributed by atoms with van der Waals surface area (Å²) in [5.41, 5.74) is 1.54. The Balaban J connectivity index is 1.64. The molecule has 3 rings (SSSR count). The van der Waals surface area contributed by atoms with E-state index in [1.807, 2.05) is 30.3 Å². The Morgan fingerprint density at radius 2 is 1.54 bits per heavy atom. The lowest BCUT2D eigenvalue weighted by Gasteiger charge is -2.11. The van der Waals surface area contributed by atoms with Gasteiger partial charge < -0.3 is 9.47 Å². The van der Waals surface area contributed by atoms with Gasteiger partial charge in [-0.15, -0.1) is 0 Å². The summed E-state index contributed by atoms with van der Waals surface area (Å²) >= 11 is 11.8. The average Bonchev–Trinajstić information content (AvgIpc) is 2.73. The maximum absolute atomic E-state index is 12.4. The topological polar surface area (TPSA) is 52.6 Å². The van der Waals surface area contributed by atoms with Gasteiger partial charge in [-0.3, -0.25) is 4.79 Å². The number of hydrogen-bond acceptors (Lipinski definition) is 4. The van der Waals surface area contributed by atoms with Gasteiger partial charge in [0.1, 0.15) is 17.9 Å². The van der Waals surface area contributed by atoms with E-state index in [0.717, 1.165) is 5.56 Å². The van der Waals surface area contributed by atoms with Crippen LogP contribution in [0.5, 0.6) is 5.75 Å². The van der Waals surface area contributed by atoms with E-state index in [0.29, 0.717) is 22.9 Å². The zero-order valence-electron chi connectivity index (χ0n) is 14.7. The van der Waals surface area contributed by atoms with Gasteiger partial charge in [0.15, 0.2) is 12.4 Å². The van der Waals surface area contributed by atoms with E-state index in [1.54, 1.807) is 24.3 Å². The molecule has 4 nitrogen and oxygen atoms in total. The SMILES string of the molecule is O=C(COC(=O)c1ccccc1OCc1ccccc1)c1ccc(Cl)c(Cl)c1. The first-order valence-electron chi connectivity index (χ1n) is 8.45. The maximum Gasteiger partial charge on any atom is 0.342 e. The summed E-state index contributed by atoms with van der Waals surface area (Å²) in [6.07, 6.45) is 0. The van der Waals surface area contributed by atoms with Gasteiger partial charge in [-0.1, -0.05) is 65.7 Å². The van der Waals surface area contributed by atoms with Gasteiger partial charge in [-0.25, -0.2) is 4.79 Å². The Morgan fingerprint density at radius 1 is 0.821 bits per heavy atom. The summed E-state index contributed by atoms with van der Waals surface area (Å²) in [5.74, 6) is -0.634. The minimum absolute atomic E-state index is 0.250. The van der Waals surface area contributed by atoms with Gasteiger partial charge >= 0.3 is 5.97 Å². The third-order valence-electron chi connectivity index (χ3n) is 3.92. The predicted molar refractivity (Wildman–Crippen MR) is 108 cm³/mol. The Labute approximate surface area is 172 Å². The van der Waals surface area contributed by atoms with Crippen molar-refractivity contribution in [2.45, 2.75) is 6.61 Å². The number of carbonyl (C=O) groups excluding carboxylic acids is 2. The van der Waals surface area contributed by atoms with Gasteiger partial charge in [0.25, 0.3) is 0 Å². The van der Waals surface area contributed by atoms with Crippen LogP contribution < -0.4 is 4.74 Å². The highest BCUT2D eigenvalue weighted by Crippen LogP contribution is 2.23. The zero-order valence-corrected chi connectivity index (χ0v) is 16.2. The highest BCUT2D eigenvalue weighted by Gasteiger charge is 2.16. The maximum atomic E-state index is 12.4. The number of carbonyl (C=O) groups is 2. The number of benzene rings is 3. The lowest BCUT2D eigenvalue weighted by molar-refractivity contribution is 0.0470. The molecule has 0 fully saturated rings. The van der Waals surface area contributed by atoms with E-state index in [4.69, 9.17) is 32.7 Å². The summed E-state index contributed by atoms with van der Waals surface area (Å²) in [7, 11) is 0. The molecular formula is C22H16Cl2O4. The Kier molecular flexibility index (Phi) is 6.69. The first-order chi connectivity index (χ1) is 13.5. The van der Waals surface area contributed by atoms with Crippen molar-refractivity contribution in [3.05, 3.63) is 99.5 Å². The molecule has 0 N–H and O–H groups in total.